The maximum absolute atomic E-state index is 9.32. The molecule has 0 saturated heterocycles. The molecular weight excluding hydrogens is 273 g/mol. The Labute approximate surface area is 84.6 Å². The third kappa shape index (κ3) is 32.4. The van der Waals surface area contributed by atoms with Crippen molar-refractivity contribution in [2.24, 2.45) is 0 Å². The fourth-order valence-electron chi connectivity index (χ4n) is 0.122. The van der Waals surface area contributed by atoms with Crippen molar-refractivity contribution in [1.82, 2.24) is 0 Å². The first-order chi connectivity index (χ1) is 5.12. The van der Waals surface area contributed by atoms with Gasteiger partial charge in [0.1, 0.15) is 0 Å². The fourth-order valence-corrected chi connectivity index (χ4v) is 1.10. The third-order valence-corrected chi connectivity index (χ3v) is 1.80. The molecule has 0 rings (SSSR count). The van der Waals surface area contributed by atoms with Gasteiger partial charge in [0.2, 0.25) is 0 Å². The average molecular weight is 279 g/mol. The quantitative estimate of drug-likeness (QED) is 0.514. The number of phosphoric acid groups is 2. The molecule has 0 aromatic carbocycles. The summed E-state index contributed by atoms with van der Waals surface area (Å²) in [5.74, 6) is 0. The van der Waals surface area contributed by atoms with Crippen LogP contribution >= 0.6 is 15.6 Å². The van der Waals surface area contributed by atoms with Crippen molar-refractivity contribution < 1.29 is 54.9 Å². The Morgan fingerprint density at radius 1 is 1.15 bits per heavy atom. The summed E-state index contributed by atoms with van der Waals surface area (Å²) in [5, 5.41) is 7.57. The number of aliphatic hydroxyl groups is 1. The van der Waals surface area contributed by atoms with E-state index in [9.17, 15) is 28.7 Å². The topological polar surface area (TPSA) is 156 Å². The van der Waals surface area contributed by atoms with Crippen LogP contribution in [0.2, 0.25) is 0 Å². The van der Waals surface area contributed by atoms with Gasteiger partial charge in [0.25, 0.3) is 0 Å². The number of aliphatic hydroxyl groups excluding tert-OH is 1. The number of rotatable bonds is 2. The molecule has 11 heteroatoms. The molecule has 0 aromatic rings. The van der Waals surface area contributed by atoms with Crippen molar-refractivity contribution in [2.75, 3.05) is 6.61 Å². The summed E-state index contributed by atoms with van der Waals surface area (Å²) in [4.78, 5) is 37.3. The van der Waals surface area contributed by atoms with E-state index in [1.165, 1.54) is 0 Å². The minimum absolute atomic E-state index is 0. The molecule has 0 aliphatic carbocycles. The Hall–Kier alpha value is 0.726. The predicted octanol–water partition coefficient (Wildman–Crippen LogP) is -3.34. The van der Waals surface area contributed by atoms with E-state index >= 15 is 0 Å². The monoisotopic (exact) mass is 279 g/mol. The first-order valence-corrected chi connectivity index (χ1v) is 5.41. The van der Waals surface area contributed by atoms with Crippen molar-refractivity contribution in [3.05, 3.63) is 0 Å². The molecule has 0 amide bonds. The zero-order valence-corrected chi connectivity index (χ0v) is 9.07. The molecule has 0 aliphatic rings. The summed E-state index contributed by atoms with van der Waals surface area (Å²) in [6.07, 6.45) is 0. The van der Waals surface area contributed by atoms with Crippen LogP contribution in [0.25, 0.3) is 0 Å². The van der Waals surface area contributed by atoms with Crippen LogP contribution in [0.5, 0.6) is 0 Å². The van der Waals surface area contributed by atoms with Gasteiger partial charge in [-0.15, -0.1) is 0 Å². The minimum Gasteiger partial charge on any atom is -0.790 e. The zero-order chi connectivity index (χ0) is 10.4. The van der Waals surface area contributed by atoms with Crippen molar-refractivity contribution in [2.45, 2.75) is 6.92 Å². The second kappa shape index (κ2) is 8.07. The van der Waals surface area contributed by atoms with E-state index in [-0.39, 0.29) is 23.4 Å². The smallest absolute Gasteiger partial charge is 0.0655 e. The Morgan fingerprint density at radius 3 is 1.31 bits per heavy atom. The molecule has 0 heterocycles. The van der Waals surface area contributed by atoms with Crippen LogP contribution in [0.1, 0.15) is 6.92 Å². The molecule has 0 atom stereocenters. The van der Waals surface area contributed by atoms with E-state index in [0.717, 1.165) is 0 Å². The third-order valence-electron chi connectivity index (χ3n) is 0.200. The molecule has 0 fully saturated rings. The van der Waals surface area contributed by atoms with Crippen LogP contribution in [0, 0.1) is 0 Å². The van der Waals surface area contributed by atoms with Gasteiger partial charge in [-0.3, -0.25) is 0 Å². The summed E-state index contributed by atoms with van der Waals surface area (Å²) >= 11 is 0. The van der Waals surface area contributed by atoms with E-state index < -0.39 is 15.6 Å². The van der Waals surface area contributed by atoms with Crippen LogP contribution in [-0.4, -0.2) is 11.7 Å². The van der Waals surface area contributed by atoms with E-state index in [2.05, 4.69) is 4.31 Å². The summed E-state index contributed by atoms with van der Waals surface area (Å²) in [7, 11) is -11.4. The second-order valence-corrected chi connectivity index (χ2v) is 3.73. The molecule has 0 bridgehead atoms. The van der Waals surface area contributed by atoms with Gasteiger partial charge in [0.05, 0.1) is 15.6 Å². The van der Waals surface area contributed by atoms with Crippen molar-refractivity contribution in [1.29, 1.82) is 0 Å². The van der Waals surface area contributed by atoms with Crippen LogP contribution < -0.4 is 19.6 Å². The van der Waals surface area contributed by atoms with Gasteiger partial charge < -0.3 is 38.1 Å². The fraction of sp³-hybridized carbons (Fsp3) is 1.00. The summed E-state index contributed by atoms with van der Waals surface area (Å²) in [6, 6.07) is 0. The van der Waals surface area contributed by atoms with Gasteiger partial charge in [0, 0.05) is 23.4 Å². The van der Waals surface area contributed by atoms with E-state index in [1.807, 2.05) is 0 Å². The van der Waals surface area contributed by atoms with Crippen molar-refractivity contribution >= 4 is 15.6 Å². The molecule has 0 aliphatic heterocycles. The molecule has 1 N–H and O–H groups in total. The van der Waals surface area contributed by atoms with E-state index in [4.69, 9.17) is 5.11 Å². The summed E-state index contributed by atoms with van der Waals surface area (Å²) in [6.45, 7) is 1.93. The van der Waals surface area contributed by atoms with Gasteiger partial charge in [-0.2, -0.15) is 0 Å². The standard InChI is InChI=1S/C2H6O.Co.H4O7P2/c1-2-3;;1-8(2,3)7-9(4,5)6/h3H,2H2,1H3;;(H2,1,2,3)(H2,4,5,6)/p-4. The average Bonchev–Trinajstić information content (AvgIpc) is 1.53. The molecule has 0 spiro atoms. The van der Waals surface area contributed by atoms with Gasteiger partial charge >= 0.3 is 0 Å². The second-order valence-electron chi connectivity index (χ2n) is 1.29. The van der Waals surface area contributed by atoms with Gasteiger partial charge in [-0.25, -0.2) is 0 Å². The molecule has 85 valence electrons. The first kappa shape index (κ1) is 19.3. The van der Waals surface area contributed by atoms with E-state index in [1.54, 1.807) is 6.92 Å². The SMILES string of the molecule is CCO.O=P([O-])([O-])OP(=O)([O-])[O-].[Co]. The van der Waals surface area contributed by atoms with Crippen LogP contribution in [0.3, 0.4) is 0 Å². The molecule has 0 aromatic heterocycles. The van der Waals surface area contributed by atoms with Crippen LogP contribution in [-0.2, 0) is 30.2 Å². The maximum Gasteiger partial charge on any atom is 0.0655 e. The molecular formula is C2H6CoO8P2-4. The van der Waals surface area contributed by atoms with Crippen molar-refractivity contribution in [3.63, 3.8) is 0 Å². The molecule has 0 saturated carbocycles. The van der Waals surface area contributed by atoms with Gasteiger partial charge in [0.15, 0.2) is 0 Å². The first-order valence-electron chi connectivity index (χ1n) is 2.48. The molecule has 13 heavy (non-hydrogen) atoms. The Bertz CT molecular complexity index is 172. The number of hydrogen-bond donors (Lipinski definition) is 1. The summed E-state index contributed by atoms with van der Waals surface area (Å²) in [5.41, 5.74) is 0. The maximum atomic E-state index is 9.32. The Balaban J connectivity index is -0.000000220. The Morgan fingerprint density at radius 2 is 1.31 bits per heavy atom. The predicted molar refractivity (Wildman–Crippen MR) is 29.1 cm³/mol. The van der Waals surface area contributed by atoms with Crippen LogP contribution in [0.15, 0.2) is 0 Å². The number of hydrogen-bond acceptors (Lipinski definition) is 8. The van der Waals surface area contributed by atoms with E-state index in [0.29, 0.717) is 0 Å². The van der Waals surface area contributed by atoms with Crippen molar-refractivity contribution in [3.8, 4) is 0 Å². The summed E-state index contributed by atoms with van der Waals surface area (Å²) < 4.78 is 21.2. The normalized spacial score (nSPS) is 10.9. The molecule has 8 nitrogen and oxygen atoms in total. The Kier molecular flexibility index (Phi) is 12.0. The van der Waals surface area contributed by atoms with Gasteiger partial charge in [-0.05, 0) is 6.92 Å². The molecule has 1 radical (unpaired) electrons. The molecule has 0 unspecified atom stereocenters. The minimum atomic E-state index is -5.68. The largest absolute Gasteiger partial charge is 0.790 e. The zero-order valence-electron chi connectivity index (χ0n) is 6.24. The van der Waals surface area contributed by atoms with Crippen LogP contribution in [0.4, 0.5) is 0 Å². The van der Waals surface area contributed by atoms with Gasteiger partial charge in [-0.1, -0.05) is 0 Å².